The van der Waals surface area contributed by atoms with E-state index in [1.165, 1.54) is 0 Å². The van der Waals surface area contributed by atoms with E-state index in [-0.39, 0.29) is 10.7 Å². The third-order valence-corrected chi connectivity index (χ3v) is 2.56. The van der Waals surface area contributed by atoms with Crippen molar-refractivity contribution in [1.82, 2.24) is 0 Å². The Hall–Kier alpha value is -0.610. The van der Waals surface area contributed by atoms with Crippen molar-refractivity contribution in [1.29, 1.82) is 0 Å². The number of hydrogen-bond donors (Lipinski definition) is 0. The molecule has 0 atom stereocenters. The van der Waals surface area contributed by atoms with E-state index in [9.17, 15) is 10.1 Å². The topological polar surface area (TPSA) is 43.1 Å². The van der Waals surface area contributed by atoms with E-state index in [4.69, 9.17) is 11.6 Å². The number of aryl methyl sites for hydroxylation is 1. The fourth-order valence-corrected chi connectivity index (χ4v) is 1.63. The van der Waals surface area contributed by atoms with Gasteiger partial charge in [0, 0.05) is 0 Å². The Bertz CT molecular complexity index is 340. The lowest BCUT2D eigenvalue weighted by atomic mass is 10.2. The van der Waals surface area contributed by atoms with Gasteiger partial charge in [0.15, 0.2) is 0 Å². The smallest absolute Gasteiger partial charge is 0.258 e. The quantitative estimate of drug-likeness (QED) is 0.567. The van der Waals surface area contributed by atoms with Crippen molar-refractivity contribution < 1.29 is 4.92 Å². The molecule has 0 fully saturated rings. The van der Waals surface area contributed by atoms with Crippen LogP contribution in [0.15, 0.2) is 16.6 Å². The van der Waals surface area contributed by atoms with E-state index in [0.717, 1.165) is 0 Å². The highest BCUT2D eigenvalue weighted by atomic mass is 79.9. The molecule has 0 saturated carbocycles. The summed E-state index contributed by atoms with van der Waals surface area (Å²) in [5.41, 5.74) is 0.628. The zero-order valence-corrected chi connectivity index (χ0v) is 8.52. The zero-order valence-electron chi connectivity index (χ0n) is 6.17. The molecule has 3 nitrogen and oxygen atoms in total. The van der Waals surface area contributed by atoms with Crippen molar-refractivity contribution in [3.8, 4) is 0 Å². The maximum atomic E-state index is 10.5. The summed E-state index contributed by atoms with van der Waals surface area (Å²) in [6, 6.07) is 3.33. The van der Waals surface area contributed by atoms with Gasteiger partial charge in [0.1, 0.15) is 5.02 Å². The lowest BCUT2D eigenvalue weighted by molar-refractivity contribution is -0.385. The molecule has 0 heterocycles. The standard InChI is InChI=1S/C7H5BrClNO2/c1-4-2-3-5(8)7(6(4)9)10(11)12/h2-3H,1H3. The van der Waals surface area contributed by atoms with Crippen molar-refractivity contribution in [3.63, 3.8) is 0 Å². The van der Waals surface area contributed by atoms with Crippen molar-refractivity contribution in [2.24, 2.45) is 0 Å². The van der Waals surface area contributed by atoms with Crippen LogP contribution in [0.1, 0.15) is 5.56 Å². The van der Waals surface area contributed by atoms with Gasteiger partial charge in [0.25, 0.3) is 0 Å². The van der Waals surface area contributed by atoms with Crippen LogP contribution in [-0.4, -0.2) is 4.92 Å². The molecule has 0 saturated heterocycles. The normalized spacial score (nSPS) is 9.92. The summed E-state index contributed by atoms with van der Waals surface area (Å²) in [6.07, 6.45) is 0. The van der Waals surface area contributed by atoms with Crippen LogP contribution in [-0.2, 0) is 0 Å². The van der Waals surface area contributed by atoms with Gasteiger partial charge >= 0.3 is 5.69 Å². The Kier molecular flexibility index (Phi) is 2.69. The van der Waals surface area contributed by atoms with Crippen LogP contribution in [0, 0.1) is 17.0 Å². The fraction of sp³-hybridized carbons (Fsp3) is 0.143. The fourth-order valence-electron chi connectivity index (χ4n) is 0.809. The minimum absolute atomic E-state index is 0.0725. The highest BCUT2D eigenvalue weighted by Crippen LogP contribution is 2.34. The maximum absolute atomic E-state index is 10.5. The average molecular weight is 250 g/mol. The van der Waals surface area contributed by atoms with Crippen LogP contribution < -0.4 is 0 Å². The molecule has 0 aromatic heterocycles. The Morgan fingerprint density at radius 1 is 1.58 bits per heavy atom. The molecular weight excluding hydrogens is 245 g/mol. The summed E-state index contributed by atoms with van der Waals surface area (Å²) in [4.78, 5) is 9.99. The summed E-state index contributed by atoms with van der Waals surface area (Å²) in [5, 5.41) is 10.7. The van der Waals surface area contributed by atoms with Crippen LogP contribution in [0.3, 0.4) is 0 Å². The first-order valence-corrected chi connectivity index (χ1v) is 4.30. The van der Waals surface area contributed by atoms with E-state index in [1.54, 1.807) is 19.1 Å². The SMILES string of the molecule is Cc1ccc(Br)c([N+](=O)[O-])c1Cl. The molecule has 0 bridgehead atoms. The first-order valence-electron chi connectivity index (χ1n) is 3.13. The van der Waals surface area contributed by atoms with E-state index in [0.29, 0.717) is 10.0 Å². The Morgan fingerprint density at radius 2 is 2.17 bits per heavy atom. The summed E-state index contributed by atoms with van der Waals surface area (Å²) >= 11 is 8.78. The van der Waals surface area contributed by atoms with E-state index >= 15 is 0 Å². The van der Waals surface area contributed by atoms with Gasteiger partial charge in [-0.25, -0.2) is 0 Å². The van der Waals surface area contributed by atoms with Gasteiger partial charge in [-0.3, -0.25) is 10.1 Å². The van der Waals surface area contributed by atoms with Gasteiger partial charge in [-0.2, -0.15) is 0 Å². The molecule has 0 aliphatic rings. The number of halogens is 2. The van der Waals surface area contributed by atoms with Crippen molar-refractivity contribution in [3.05, 3.63) is 37.3 Å². The van der Waals surface area contributed by atoms with Gasteiger partial charge in [0.05, 0.1) is 9.40 Å². The second kappa shape index (κ2) is 3.41. The molecular formula is C7H5BrClNO2. The van der Waals surface area contributed by atoms with Crippen molar-refractivity contribution in [2.45, 2.75) is 6.92 Å². The van der Waals surface area contributed by atoms with Gasteiger partial charge in [-0.1, -0.05) is 17.7 Å². The Balaban J connectivity index is 3.43. The summed E-state index contributed by atoms with van der Waals surface area (Å²) in [6.45, 7) is 1.72. The van der Waals surface area contributed by atoms with E-state index in [2.05, 4.69) is 15.9 Å². The number of hydrogen-bond acceptors (Lipinski definition) is 2. The zero-order chi connectivity index (χ0) is 9.30. The molecule has 0 amide bonds. The number of nitro benzene ring substituents is 1. The number of nitrogens with zero attached hydrogens (tertiary/aromatic N) is 1. The second-order valence-electron chi connectivity index (χ2n) is 2.28. The van der Waals surface area contributed by atoms with Gasteiger partial charge in [-0.05, 0) is 34.5 Å². The molecule has 0 radical (unpaired) electrons. The molecule has 1 aromatic rings. The first kappa shape index (κ1) is 9.48. The Labute approximate surface area is 82.6 Å². The van der Waals surface area contributed by atoms with Crippen molar-refractivity contribution in [2.75, 3.05) is 0 Å². The maximum Gasteiger partial charge on any atom is 0.302 e. The number of rotatable bonds is 1. The van der Waals surface area contributed by atoms with Crippen LogP contribution in [0.5, 0.6) is 0 Å². The molecule has 64 valence electrons. The predicted molar refractivity (Wildman–Crippen MR) is 50.5 cm³/mol. The minimum Gasteiger partial charge on any atom is -0.258 e. The average Bonchev–Trinajstić information content (AvgIpc) is 1.97. The summed E-state index contributed by atoms with van der Waals surface area (Å²) in [7, 11) is 0. The molecule has 12 heavy (non-hydrogen) atoms. The van der Waals surface area contributed by atoms with Crippen LogP contribution in [0.4, 0.5) is 5.69 Å². The largest absolute Gasteiger partial charge is 0.302 e. The molecule has 0 spiro atoms. The van der Waals surface area contributed by atoms with Crippen molar-refractivity contribution >= 4 is 33.2 Å². The third kappa shape index (κ3) is 1.59. The molecule has 0 unspecified atom stereocenters. The van der Waals surface area contributed by atoms with Crippen LogP contribution in [0.2, 0.25) is 5.02 Å². The van der Waals surface area contributed by atoms with Crippen LogP contribution >= 0.6 is 27.5 Å². The lowest BCUT2D eigenvalue weighted by Crippen LogP contribution is -1.91. The molecule has 5 heteroatoms. The molecule has 0 N–H and O–H groups in total. The third-order valence-electron chi connectivity index (χ3n) is 1.44. The van der Waals surface area contributed by atoms with Gasteiger partial charge in [0.2, 0.25) is 0 Å². The van der Waals surface area contributed by atoms with Gasteiger partial charge in [-0.15, -0.1) is 0 Å². The molecule has 1 rings (SSSR count). The van der Waals surface area contributed by atoms with E-state index < -0.39 is 4.92 Å². The Morgan fingerprint density at radius 3 is 2.58 bits per heavy atom. The first-order chi connectivity index (χ1) is 5.54. The second-order valence-corrected chi connectivity index (χ2v) is 3.52. The summed E-state index contributed by atoms with van der Waals surface area (Å²) < 4.78 is 0.406. The molecule has 1 aromatic carbocycles. The summed E-state index contributed by atoms with van der Waals surface area (Å²) in [5.74, 6) is 0. The highest BCUT2D eigenvalue weighted by Gasteiger charge is 2.18. The number of benzene rings is 1. The monoisotopic (exact) mass is 249 g/mol. The minimum atomic E-state index is -0.501. The van der Waals surface area contributed by atoms with Gasteiger partial charge < -0.3 is 0 Å². The van der Waals surface area contributed by atoms with E-state index in [1.807, 2.05) is 0 Å². The molecule has 0 aliphatic carbocycles. The number of nitro groups is 1. The molecule has 0 aliphatic heterocycles. The highest BCUT2D eigenvalue weighted by molar-refractivity contribution is 9.10. The predicted octanol–water partition coefficient (Wildman–Crippen LogP) is 3.32. The van der Waals surface area contributed by atoms with Crippen LogP contribution in [0.25, 0.3) is 0 Å². The lowest BCUT2D eigenvalue weighted by Gasteiger charge is -2.00.